The maximum Gasteiger partial charge on any atom is 0.255 e. The Morgan fingerprint density at radius 3 is 2.26 bits per heavy atom. The second-order valence-corrected chi connectivity index (χ2v) is 6.64. The Kier molecular flexibility index (Phi) is 4.67. The van der Waals surface area contributed by atoms with Gasteiger partial charge < -0.3 is 10.2 Å². The monoisotopic (exact) mass is 337 g/mol. The Balaban J connectivity index is 2.40. The first-order valence-electron chi connectivity index (χ1n) is 6.59. The highest BCUT2D eigenvalue weighted by Gasteiger charge is 2.15. The number of nitrogens with zero attached hydrogens (tertiary/aromatic N) is 1. The molecule has 0 aliphatic carbocycles. The second kappa shape index (κ2) is 6.35. The van der Waals surface area contributed by atoms with E-state index in [1.165, 1.54) is 36.4 Å². The summed E-state index contributed by atoms with van der Waals surface area (Å²) in [6.07, 6.45) is 0. The molecule has 2 aromatic rings. The number of carbonyl (C=O) groups excluding carboxylic acids is 1. The fourth-order valence-electron chi connectivity index (χ4n) is 1.98. The number of carbonyl (C=O) groups is 1. The van der Waals surface area contributed by atoms with E-state index >= 15 is 0 Å². The normalized spacial score (nSPS) is 11.1. The molecule has 0 fully saturated rings. The molecule has 0 aromatic heterocycles. The molecule has 8 heteroatoms. The number of hydrogen-bond acceptors (Lipinski definition) is 4. The highest BCUT2D eigenvalue weighted by Crippen LogP contribution is 2.27. The van der Waals surface area contributed by atoms with Gasteiger partial charge in [0, 0.05) is 19.7 Å². The first kappa shape index (κ1) is 16.9. The van der Waals surface area contributed by atoms with Crippen molar-refractivity contribution in [3.8, 4) is 0 Å². The quantitative estimate of drug-likeness (QED) is 0.889. The summed E-state index contributed by atoms with van der Waals surface area (Å²) >= 11 is 0. The van der Waals surface area contributed by atoms with E-state index in [4.69, 9.17) is 5.14 Å². The Morgan fingerprint density at radius 2 is 1.74 bits per heavy atom. The lowest BCUT2D eigenvalue weighted by atomic mass is 10.2. The molecule has 2 rings (SSSR count). The molecule has 0 heterocycles. The van der Waals surface area contributed by atoms with Crippen LogP contribution < -0.4 is 15.4 Å². The number of sulfonamides is 1. The fraction of sp³-hybridized carbons (Fsp3) is 0.133. The van der Waals surface area contributed by atoms with Crippen LogP contribution in [0.25, 0.3) is 0 Å². The fourth-order valence-corrected chi connectivity index (χ4v) is 2.52. The number of benzene rings is 2. The van der Waals surface area contributed by atoms with E-state index in [9.17, 15) is 17.6 Å². The molecule has 2 aromatic carbocycles. The smallest absolute Gasteiger partial charge is 0.255 e. The highest BCUT2D eigenvalue weighted by atomic mass is 32.2. The van der Waals surface area contributed by atoms with Gasteiger partial charge in [0.05, 0.1) is 16.3 Å². The van der Waals surface area contributed by atoms with Gasteiger partial charge >= 0.3 is 0 Å². The summed E-state index contributed by atoms with van der Waals surface area (Å²) in [4.78, 5) is 13.8. The summed E-state index contributed by atoms with van der Waals surface area (Å²) in [5.41, 5.74) is 1.14. The number of anilines is 2. The number of halogens is 1. The van der Waals surface area contributed by atoms with Gasteiger partial charge in [0.2, 0.25) is 10.0 Å². The van der Waals surface area contributed by atoms with E-state index in [2.05, 4.69) is 5.32 Å². The van der Waals surface area contributed by atoms with Gasteiger partial charge in [-0.3, -0.25) is 4.79 Å². The average Bonchev–Trinajstić information content (AvgIpc) is 2.46. The van der Waals surface area contributed by atoms with Crippen molar-refractivity contribution >= 4 is 27.3 Å². The van der Waals surface area contributed by atoms with Crippen LogP contribution in [0.2, 0.25) is 0 Å². The molecule has 0 saturated heterocycles. The maximum atomic E-state index is 12.9. The van der Waals surface area contributed by atoms with Crippen LogP contribution in [-0.4, -0.2) is 28.4 Å². The van der Waals surface area contributed by atoms with Crippen molar-refractivity contribution in [2.45, 2.75) is 4.90 Å². The Bertz CT molecular complexity index is 834. The largest absolute Gasteiger partial charge is 0.376 e. The number of rotatable bonds is 4. The molecule has 0 spiro atoms. The topological polar surface area (TPSA) is 92.5 Å². The average molecular weight is 337 g/mol. The Labute approximate surface area is 133 Å². The first-order chi connectivity index (χ1) is 10.7. The zero-order valence-electron chi connectivity index (χ0n) is 12.6. The van der Waals surface area contributed by atoms with E-state index in [-0.39, 0.29) is 16.1 Å². The molecule has 0 unspecified atom stereocenters. The van der Waals surface area contributed by atoms with Crippen molar-refractivity contribution in [3.05, 3.63) is 53.8 Å². The molecule has 0 radical (unpaired) electrons. The van der Waals surface area contributed by atoms with Crippen LogP contribution >= 0.6 is 0 Å². The van der Waals surface area contributed by atoms with Crippen molar-refractivity contribution in [1.29, 1.82) is 0 Å². The molecule has 0 atom stereocenters. The maximum absolute atomic E-state index is 12.9. The Hall–Kier alpha value is -2.45. The summed E-state index contributed by atoms with van der Waals surface area (Å²) < 4.78 is 35.9. The van der Waals surface area contributed by atoms with Crippen molar-refractivity contribution in [2.24, 2.45) is 5.14 Å². The van der Waals surface area contributed by atoms with E-state index in [1.807, 2.05) is 0 Å². The molecular weight excluding hydrogens is 321 g/mol. The van der Waals surface area contributed by atoms with Crippen molar-refractivity contribution in [1.82, 2.24) is 0 Å². The summed E-state index contributed by atoms with van der Waals surface area (Å²) in [6.45, 7) is 0. The summed E-state index contributed by atoms with van der Waals surface area (Å²) in [5, 5.41) is 7.73. The molecule has 0 aliphatic heterocycles. The first-order valence-corrected chi connectivity index (χ1v) is 8.14. The van der Waals surface area contributed by atoms with Crippen LogP contribution in [0.15, 0.2) is 47.4 Å². The number of nitrogens with two attached hydrogens (primary N) is 1. The minimum atomic E-state index is -3.89. The minimum Gasteiger partial charge on any atom is -0.376 e. The van der Waals surface area contributed by atoms with Crippen molar-refractivity contribution in [2.75, 3.05) is 24.3 Å². The third-order valence-electron chi connectivity index (χ3n) is 3.13. The lowest BCUT2D eigenvalue weighted by Gasteiger charge is -2.18. The van der Waals surface area contributed by atoms with Crippen LogP contribution in [-0.2, 0) is 10.0 Å². The van der Waals surface area contributed by atoms with Crippen molar-refractivity contribution in [3.63, 3.8) is 0 Å². The van der Waals surface area contributed by atoms with Crippen LogP contribution in [0.1, 0.15) is 10.4 Å². The van der Waals surface area contributed by atoms with E-state index in [0.29, 0.717) is 5.69 Å². The molecule has 0 aliphatic rings. The molecule has 122 valence electrons. The summed E-state index contributed by atoms with van der Waals surface area (Å²) in [7, 11) is -0.394. The molecular formula is C15H16FN3O3S. The summed E-state index contributed by atoms with van der Waals surface area (Å²) in [6, 6.07) is 9.20. The van der Waals surface area contributed by atoms with E-state index in [1.54, 1.807) is 25.1 Å². The van der Waals surface area contributed by atoms with Gasteiger partial charge in [0.25, 0.3) is 5.91 Å². The van der Waals surface area contributed by atoms with Gasteiger partial charge in [-0.15, -0.1) is 0 Å². The predicted molar refractivity (Wildman–Crippen MR) is 86.5 cm³/mol. The van der Waals surface area contributed by atoms with Gasteiger partial charge in [0.1, 0.15) is 5.82 Å². The SMILES string of the molecule is CN(C)c1ccc(S(N)(=O)=O)cc1NC(=O)c1ccc(F)cc1. The van der Waals surface area contributed by atoms with Gasteiger partial charge in [-0.05, 0) is 42.5 Å². The predicted octanol–water partition coefficient (Wildman–Crippen LogP) is 1.79. The van der Waals surface area contributed by atoms with Crippen molar-refractivity contribution < 1.29 is 17.6 Å². The lowest BCUT2D eigenvalue weighted by Crippen LogP contribution is -2.18. The minimum absolute atomic E-state index is 0.113. The zero-order valence-corrected chi connectivity index (χ0v) is 13.4. The van der Waals surface area contributed by atoms with Crippen LogP contribution in [0.3, 0.4) is 0 Å². The highest BCUT2D eigenvalue weighted by molar-refractivity contribution is 7.89. The Morgan fingerprint density at radius 1 is 1.13 bits per heavy atom. The molecule has 1 amide bonds. The van der Waals surface area contributed by atoms with Gasteiger partial charge in [-0.2, -0.15) is 0 Å². The van der Waals surface area contributed by atoms with Gasteiger partial charge in [-0.1, -0.05) is 0 Å². The number of amides is 1. The molecule has 0 bridgehead atoms. The van der Waals surface area contributed by atoms with E-state index in [0.717, 1.165) is 0 Å². The molecule has 0 saturated carbocycles. The van der Waals surface area contributed by atoms with Crippen LogP contribution in [0.5, 0.6) is 0 Å². The third kappa shape index (κ3) is 4.05. The molecule has 6 nitrogen and oxygen atoms in total. The molecule has 3 N–H and O–H groups in total. The van der Waals surface area contributed by atoms with Gasteiger partial charge in [-0.25, -0.2) is 17.9 Å². The lowest BCUT2D eigenvalue weighted by molar-refractivity contribution is 0.102. The van der Waals surface area contributed by atoms with Crippen LogP contribution in [0, 0.1) is 5.82 Å². The zero-order chi connectivity index (χ0) is 17.2. The van der Waals surface area contributed by atoms with E-state index < -0.39 is 21.7 Å². The second-order valence-electron chi connectivity index (χ2n) is 5.08. The van der Waals surface area contributed by atoms with Crippen LogP contribution in [0.4, 0.5) is 15.8 Å². The number of hydrogen-bond donors (Lipinski definition) is 2. The molecule has 23 heavy (non-hydrogen) atoms. The number of nitrogens with one attached hydrogen (secondary N) is 1. The number of primary sulfonamides is 1. The standard InChI is InChI=1S/C15H16FN3O3S/c1-19(2)14-8-7-12(23(17,21)22)9-13(14)18-15(20)10-3-5-11(16)6-4-10/h3-9H,1-2H3,(H,18,20)(H2,17,21,22). The third-order valence-corrected chi connectivity index (χ3v) is 4.04. The summed E-state index contributed by atoms with van der Waals surface area (Å²) in [5.74, 6) is -0.938. The van der Waals surface area contributed by atoms with Gasteiger partial charge in [0.15, 0.2) is 0 Å².